The minimum absolute atomic E-state index is 0.0225. The number of carbonyl (C=O) groups is 1. The minimum Gasteiger partial charge on any atom is -0.368 e. The number of hydrogen-bond acceptors (Lipinski definition) is 3. The van der Waals surface area contributed by atoms with Gasteiger partial charge in [0.2, 0.25) is 5.91 Å². The Kier molecular flexibility index (Phi) is 6.35. The highest BCUT2D eigenvalue weighted by Gasteiger charge is 2.60. The summed E-state index contributed by atoms with van der Waals surface area (Å²) < 4.78 is 30.4. The van der Waals surface area contributed by atoms with E-state index < -0.39 is 41.0 Å². The van der Waals surface area contributed by atoms with Crippen LogP contribution >= 0.6 is 23.2 Å². The Labute approximate surface area is 190 Å². The molecule has 1 fully saturated rings. The van der Waals surface area contributed by atoms with Gasteiger partial charge in [-0.05, 0) is 35.6 Å². The Morgan fingerprint density at radius 3 is 2.48 bits per heavy atom. The zero-order chi connectivity index (χ0) is 23.1. The fourth-order valence-electron chi connectivity index (χ4n) is 4.58. The van der Waals surface area contributed by atoms with Crippen LogP contribution in [0, 0.1) is 28.4 Å². The standard InChI is InChI=1S/C23H23Cl2F2N3O/c1-22(2,3)10-17-23(11-28,14-8-7-12(24)9-16(14)26)18(20(30-17)21(29)31)13-5-4-6-15(25)19(13)27/h4-9,17-18,20,30H,10H2,1-3H3,(H2,29,31)/t17-,18-,20+,23-/m0/s1. The van der Waals surface area contributed by atoms with Crippen LogP contribution in [-0.4, -0.2) is 18.0 Å². The summed E-state index contributed by atoms with van der Waals surface area (Å²) in [6, 6.07) is 8.75. The number of rotatable bonds is 4. The van der Waals surface area contributed by atoms with Gasteiger partial charge in [0, 0.05) is 22.5 Å². The molecule has 1 heterocycles. The van der Waals surface area contributed by atoms with Gasteiger partial charge in [-0.25, -0.2) is 8.78 Å². The van der Waals surface area contributed by atoms with Gasteiger partial charge in [-0.3, -0.25) is 4.79 Å². The molecule has 4 nitrogen and oxygen atoms in total. The number of nitrogens with two attached hydrogens (primary N) is 1. The van der Waals surface area contributed by atoms with Crippen molar-refractivity contribution in [2.24, 2.45) is 11.1 Å². The summed E-state index contributed by atoms with van der Waals surface area (Å²) in [5.41, 5.74) is 3.78. The van der Waals surface area contributed by atoms with Gasteiger partial charge in [0.25, 0.3) is 0 Å². The number of hydrogen-bond donors (Lipinski definition) is 2. The van der Waals surface area contributed by atoms with Crippen LogP contribution in [-0.2, 0) is 10.2 Å². The molecule has 0 aromatic heterocycles. The molecule has 0 aliphatic carbocycles. The van der Waals surface area contributed by atoms with Crippen molar-refractivity contribution >= 4 is 29.1 Å². The molecule has 164 valence electrons. The van der Waals surface area contributed by atoms with E-state index >= 15 is 8.78 Å². The molecule has 0 unspecified atom stereocenters. The van der Waals surface area contributed by atoms with E-state index in [0.29, 0.717) is 6.42 Å². The lowest BCUT2D eigenvalue weighted by atomic mass is 9.62. The molecule has 3 rings (SSSR count). The Hall–Kier alpha value is -2.20. The summed E-state index contributed by atoms with van der Waals surface area (Å²) in [7, 11) is 0. The molecule has 8 heteroatoms. The van der Waals surface area contributed by atoms with Crippen LogP contribution in [0.3, 0.4) is 0 Å². The summed E-state index contributed by atoms with van der Waals surface area (Å²) in [6.45, 7) is 5.88. The molecule has 0 bridgehead atoms. The van der Waals surface area contributed by atoms with Gasteiger partial charge < -0.3 is 11.1 Å². The predicted molar refractivity (Wildman–Crippen MR) is 117 cm³/mol. The Morgan fingerprint density at radius 2 is 1.94 bits per heavy atom. The second kappa shape index (κ2) is 8.38. The zero-order valence-electron chi connectivity index (χ0n) is 17.3. The van der Waals surface area contributed by atoms with Crippen LogP contribution in [0.1, 0.15) is 44.2 Å². The van der Waals surface area contributed by atoms with E-state index in [0.717, 1.165) is 6.07 Å². The van der Waals surface area contributed by atoms with Gasteiger partial charge in [0.05, 0.1) is 17.1 Å². The van der Waals surface area contributed by atoms with E-state index in [2.05, 4.69) is 11.4 Å². The van der Waals surface area contributed by atoms with Gasteiger partial charge in [-0.15, -0.1) is 0 Å². The number of carbonyl (C=O) groups excluding carboxylic acids is 1. The van der Waals surface area contributed by atoms with Crippen molar-refractivity contribution < 1.29 is 13.6 Å². The van der Waals surface area contributed by atoms with E-state index in [9.17, 15) is 10.1 Å². The van der Waals surface area contributed by atoms with Crippen LogP contribution < -0.4 is 11.1 Å². The quantitative estimate of drug-likeness (QED) is 0.660. The molecule has 1 amide bonds. The van der Waals surface area contributed by atoms with Crippen LogP contribution in [0.25, 0.3) is 0 Å². The van der Waals surface area contributed by atoms with Gasteiger partial charge in [-0.1, -0.05) is 62.2 Å². The van der Waals surface area contributed by atoms with Gasteiger partial charge in [-0.2, -0.15) is 5.26 Å². The topological polar surface area (TPSA) is 78.9 Å². The largest absolute Gasteiger partial charge is 0.368 e. The number of nitrogens with zero attached hydrogens (tertiary/aromatic N) is 1. The molecule has 2 aromatic rings. The number of nitrogens with one attached hydrogen (secondary N) is 1. The maximum absolute atomic E-state index is 15.2. The van der Waals surface area contributed by atoms with E-state index in [1.54, 1.807) is 0 Å². The Morgan fingerprint density at radius 1 is 1.26 bits per heavy atom. The first kappa shape index (κ1) is 23.5. The lowest BCUT2D eigenvalue weighted by Gasteiger charge is -2.37. The Balaban J connectivity index is 2.38. The zero-order valence-corrected chi connectivity index (χ0v) is 18.9. The predicted octanol–water partition coefficient (Wildman–Crippen LogP) is 5.08. The first-order valence-electron chi connectivity index (χ1n) is 9.78. The van der Waals surface area contributed by atoms with Crippen molar-refractivity contribution in [3.8, 4) is 6.07 Å². The van der Waals surface area contributed by atoms with Crippen molar-refractivity contribution in [1.82, 2.24) is 5.32 Å². The van der Waals surface area contributed by atoms with Crippen molar-refractivity contribution in [2.45, 2.75) is 50.6 Å². The van der Waals surface area contributed by atoms with E-state index in [-0.39, 0.29) is 26.6 Å². The second-order valence-electron chi connectivity index (χ2n) is 9.09. The maximum atomic E-state index is 15.2. The summed E-state index contributed by atoms with van der Waals surface area (Å²) in [4.78, 5) is 12.4. The lowest BCUT2D eigenvalue weighted by Crippen LogP contribution is -2.45. The van der Waals surface area contributed by atoms with Crippen LogP contribution in [0.5, 0.6) is 0 Å². The van der Waals surface area contributed by atoms with Gasteiger partial charge in [0.1, 0.15) is 17.0 Å². The molecule has 1 saturated heterocycles. The summed E-state index contributed by atoms with van der Waals surface area (Å²) in [5, 5.41) is 13.6. The smallest absolute Gasteiger partial charge is 0.235 e. The summed E-state index contributed by atoms with van der Waals surface area (Å²) in [5.74, 6) is -3.37. The molecule has 0 spiro atoms. The summed E-state index contributed by atoms with van der Waals surface area (Å²) in [6.07, 6.45) is 0.394. The second-order valence-corrected chi connectivity index (χ2v) is 9.93. The molecule has 2 aromatic carbocycles. The lowest BCUT2D eigenvalue weighted by molar-refractivity contribution is -0.120. The maximum Gasteiger partial charge on any atom is 0.235 e. The molecule has 0 saturated carbocycles. The van der Waals surface area contributed by atoms with Crippen LogP contribution in [0.2, 0.25) is 10.0 Å². The van der Waals surface area contributed by atoms with Gasteiger partial charge >= 0.3 is 0 Å². The van der Waals surface area contributed by atoms with Crippen molar-refractivity contribution in [3.05, 3.63) is 69.2 Å². The van der Waals surface area contributed by atoms with E-state index in [1.165, 1.54) is 30.3 Å². The number of amides is 1. The normalized spacial score (nSPS) is 25.9. The number of primary amides is 1. The fraction of sp³-hybridized carbons (Fsp3) is 0.391. The SMILES string of the molecule is CC(C)(C)C[C@@H]1N[C@@H](C(N)=O)[C@H](c2cccc(Cl)c2F)[C@@]1(C#N)c1ccc(Cl)cc1F. The molecule has 3 N–H and O–H groups in total. The van der Waals surface area contributed by atoms with Crippen molar-refractivity contribution in [3.63, 3.8) is 0 Å². The third kappa shape index (κ3) is 4.15. The van der Waals surface area contributed by atoms with E-state index in [1.807, 2.05) is 20.8 Å². The number of benzene rings is 2. The average Bonchev–Trinajstić information content (AvgIpc) is 2.97. The number of nitriles is 1. The molecule has 0 radical (unpaired) electrons. The molecule has 4 atom stereocenters. The van der Waals surface area contributed by atoms with Crippen molar-refractivity contribution in [2.75, 3.05) is 0 Å². The molecule has 31 heavy (non-hydrogen) atoms. The number of halogens is 4. The highest BCUT2D eigenvalue weighted by molar-refractivity contribution is 6.31. The van der Waals surface area contributed by atoms with E-state index in [4.69, 9.17) is 28.9 Å². The molecular formula is C23H23Cl2F2N3O. The highest BCUT2D eigenvalue weighted by atomic mass is 35.5. The highest BCUT2D eigenvalue weighted by Crippen LogP contribution is 2.52. The van der Waals surface area contributed by atoms with Crippen LogP contribution in [0.4, 0.5) is 8.78 Å². The van der Waals surface area contributed by atoms with Crippen LogP contribution in [0.15, 0.2) is 36.4 Å². The first-order valence-corrected chi connectivity index (χ1v) is 10.5. The molecule has 1 aliphatic rings. The molecular weight excluding hydrogens is 443 g/mol. The third-order valence-corrected chi connectivity index (χ3v) is 6.28. The average molecular weight is 466 g/mol. The van der Waals surface area contributed by atoms with Crippen molar-refractivity contribution in [1.29, 1.82) is 5.26 Å². The third-order valence-electron chi connectivity index (χ3n) is 5.76. The Bertz CT molecular complexity index is 1060. The minimum atomic E-state index is -1.65. The fourth-order valence-corrected chi connectivity index (χ4v) is 4.92. The van der Waals surface area contributed by atoms with Gasteiger partial charge in [0.15, 0.2) is 0 Å². The summed E-state index contributed by atoms with van der Waals surface area (Å²) >= 11 is 12.0. The first-order chi connectivity index (χ1) is 14.4. The monoisotopic (exact) mass is 465 g/mol. The molecule has 1 aliphatic heterocycles.